The van der Waals surface area contributed by atoms with E-state index in [0.29, 0.717) is 18.8 Å². The minimum absolute atomic E-state index is 0.00102. The van der Waals surface area contributed by atoms with Crippen LogP contribution in [0.1, 0.15) is 31.0 Å². The molecule has 3 rings (SSSR count). The summed E-state index contributed by atoms with van der Waals surface area (Å²) in [5.74, 6) is -0.0957. The van der Waals surface area contributed by atoms with Crippen LogP contribution >= 0.6 is 0 Å². The predicted molar refractivity (Wildman–Crippen MR) is 68.5 cm³/mol. The Morgan fingerprint density at radius 2 is 2.26 bits per heavy atom. The zero-order valence-electron chi connectivity index (χ0n) is 11.2. The first-order valence-electron chi connectivity index (χ1n) is 6.66. The Kier molecular flexibility index (Phi) is 2.69. The molecule has 1 fully saturated rings. The third-order valence-electron chi connectivity index (χ3n) is 4.54. The Morgan fingerprint density at radius 1 is 1.47 bits per heavy atom. The molecule has 0 amide bonds. The van der Waals surface area contributed by atoms with Crippen LogP contribution in [0.4, 0.5) is 0 Å². The van der Waals surface area contributed by atoms with E-state index in [2.05, 4.69) is 11.9 Å². The number of fused-ring (bicyclic) bond motifs is 3. The van der Waals surface area contributed by atoms with Gasteiger partial charge in [-0.05, 0) is 36.3 Å². The molecule has 1 heterocycles. The van der Waals surface area contributed by atoms with Gasteiger partial charge in [-0.1, -0.05) is 13.0 Å². The van der Waals surface area contributed by atoms with Crippen LogP contribution in [0.5, 0.6) is 0 Å². The minimum Gasteiger partial charge on any atom is -0.468 e. The summed E-state index contributed by atoms with van der Waals surface area (Å²) in [4.78, 5) is 29.4. The summed E-state index contributed by atoms with van der Waals surface area (Å²) in [5.41, 5.74) is 0.550. The van der Waals surface area contributed by atoms with Gasteiger partial charge in [-0.15, -0.1) is 0 Å². The van der Waals surface area contributed by atoms with Crippen LogP contribution in [0.25, 0.3) is 0 Å². The normalized spacial score (nSPS) is 32.6. The van der Waals surface area contributed by atoms with E-state index in [0.717, 1.165) is 17.7 Å². The van der Waals surface area contributed by atoms with Gasteiger partial charge >= 0.3 is 5.97 Å². The zero-order chi connectivity index (χ0) is 13.6. The van der Waals surface area contributed by atoms with Gasteiger partial charge in [0.15, 0.2) is 11.2 Å². The highest BCUT2D eigenvalue weighted by Gasteiger charge is 2.61. The maximum Gasteiger partial charge on any atom is 0.324 e. The van der Waals surface area contributed by atoms with Gasteiger partial charge < -0.3 is 4.74 Å². The third kappa shape index (κ3) is 1.49. The van der Waals surface area contributed by atoms with E-state index >= 15 is 0 Å². The molecule has 3 atom stereocenters. The van der Waals surface area contributed by atoms with E-state index in [1.165, 1.54) is 7.11 Å². The second-order valence-corrected chi connectivity index (χ2v) is 5.67. The highest BCUT2D eigenvalue weighted by molar-refractivity contribution is 6.11. The summed E-state index contributed by atoms with van der Waals surface area (Å²) < 4.78 is 4.97. The molecular formula is C15H17NO3. The molecule has 4 heteroatoms. The number of ketones is 1. The number of rotatable bonds is 1. The van der Waals surface area contributed by atoms with E-state index in [-0.39, 0.29) is 11.7 Å². The summed E-state index contributed by atoms with van der Waals surface area (Å²) in [6.45, 7) is 2.06. The Balaban J connectivity index is 2.21. The fraction of sp³-hybridized carbons (Fsp3) is 0.533. The lowest BCUT2D eigenvalue weighted by atomic mass is 9.62. The molecule has 1 aromatic heterocycles. The number of aromatic nitrogens is 1. The second kappa shape index (κ2) is 4.15. The molecule has 0 unspecified atom stereocenters. The molecule has 1 aromatic rings. The van der Waals surface area contributed by atoms with Crippen molar-refractivity contribution in [2.24, 2.45) is 11.8 Å². The van der Waals surface area contributed by atoms with Crippen LogP contribution in [-0.4, -0.2) is 23.8 Å². The number of methoxy groups -OCH3 is 1. The van der Waals surface area contributed by atoms with Crippen molar-refractivity contribution in [2.75, 3.05) is 7.11 Å². The third-order valence-corrected chi connectivity index (χ3v) is 4.54. The summed E-state index contributed by atoms with van der Waals surface area (Å²) in [5, 5.41) is 0. The van der Waals surface area contributed by atoms with E-state index in [1.807, 2.05) is 6.07 Å². The summed E-state index contributed by atoms with van der Waals surface area (Å²) in [6.07, 6.45) is 3.73. The smallest absolute Gasteiger partial charge is 0.324 e. The van der Waals surface area contributed by atoms with Crippen molar-refractivity contribution in [2.45, 2.75) is 31.6 Å². The first-order chi connectivity index (χ1) is 9.10. The lowest BCUT2D eigenvalue weighted by Gasteiger charge is -2.38. The molecular weight excluding hydrogens is 242 g/mol. The summed E-state index contributed by atoms with van der Waals surface area (Å²) in [6, 6.07) is 3.64. The number of hydrogen-bond acceptors (Lipinski definition) is 4. The fourth-order valence-electron chi connectivity index (χ4n) is 3.80. The zero-order valence-corrected chi connectivity index (χ0v) is 11.2. The summed E-state index contributed by atoms with van der Waals surface area (Å²) >= 11 is 0. The molecule has 1 saturated carbocycles. The van der Waals surface area contributed by atoms with Crippen molar-refractivity contribution < 1.29 is 14.3 Å². The molecule has 2 aliphatic rings. The maximum atomic E-state index is 12.6. The molecule has 2 aliphatic carbocycles. The van der Waals surface area contributed by atoms with Crippen molar-refractivity contribution in [3.8, 4) is 0 Å². The van der Waals surface area contributed by atoms with Crippen molar-refractivity contribution in [3.63, 3.8) is 0 Å². The molecule has 100 valence electrons. The lowest BCUT2D eigenvalue weighted by Crippen LogP contribution is -2.52. The van der Waals surface area contributed by atoms with Gasteiger partial charge in [-0.2, -0.15) is 0 Å². The van der Waals surface area contributed by atoms with Gasteiger partial charge in [0, 0.05) is 18.3 Å². The van der Waals surface area contributed by atoms with Gasteiger partial charge in [0.1, 0.15) is 0 Å². The average molecular weight is 259 g/mol. The fourth-order valence-corrected chi connectivity index (χ4v) is 3.80. The van der Waals surface area contributed by atoms with Gasteiger partial charge in [-0.3, -0.25) is 14.6 Å². The lowest BCUT2D eigenvalue weighted by molar-refractivity contribution is -0.156. The molecule has 0 spiro atoms. The second-order valence-electron chi connectivity index (χ2n) is 5.67. The van der Waals surface area contributed by atoms with Gasteiger partial charge in [0.05, 0.1) is 7.11 Å². The standard InChI is InChI=1S/C15H17NO3/c1-9-6-10-8-12-11(4-3-5-16-12)15(10,13(17)7-9)14(18)19-2/h3-5,9-10H,6-8H2,1-2H3/t9-,10+,15-/m1/s1. The first-order valence-corrected chi connectivity index (χ1v) is 6.66. The molecule has 0 aliphatic heterocycles. The van der Waals surface area contributed by atoms with E-state index in [9.17, 15) is 9.59 Å². The number of carbonyl (C=O) groups excluding carboxylic acids is 2. The molecule has 0 radical (unpaired) electrons. The van der Waals surface area contributed by atoms with Crippen LogP contribution in [-0.2, 0) is 26.2 Å². The number of nitrogens with zero attached hydrogens (tertiary/aromatic N) is 1. The highest BCUT2D eigenvalue weighted by Crippen LogP contribution is 2.51. The average Bonchev–Trinajstić information content (AvgIpc) is 2.72. The number of pyridine rings is 1. The number of hydrogen-bond donors (Lipinski definition) is 0. The van der Waals surface area contributed by atoms with Gasteiger partial charge in [-0.25, -0.2) is 0 Å². The highest BCUT2D eigenvalue weighted by atomic mass is 16.5. The van der Waals surface area contributed by atoms with Crippen molar-refractivity contribution >= 4 is 11.8 Å². The molecule has 4 nitrogen and oxygen atoms in total. The van der Waals surface area contributed by atoms with Crippen molar-refractivity contribution in [3.05, 3.63) is 29.6 Å². The molecule has 19 heavy (non-hydrogen) atoms. The summed E-state index contributed by atoms with van der Waals surface area (Å²) in [7, 11) is 1.35. The number of carbonyl (C=O) groups is 2. The molecule has 0 aromatic carbocycles. The van der Waals surface area contributed by atoms with Crippen LogP contribution in [0.15, 0.2) is 18.3 Å². The van der Waals surface area contributed by atoms with Crippen LogP contribution in [0.2, 0.25) is 0 Å². The Hall–Kier alpha value is -1.71. The number of ether oxygens (including phenoxy) is 1. The number of Topliss-reactive ketones (excluding diaryl/α,β-unsaturated/α-hetero) is 1. The quantitative estimate of drug-likeness (QED) is 0.568. The molecule has 0 bridgehead atoms. The predicted octanol–water partition coefficient (Wildman–Crippen LogP) is 1.66. The first kappa shape index (κ1) is 12.3. The van der Waals surface area contributed by atoms with Gasteiger partial charge in [0.25, 0.3) is 0 Å². The number of esters is 1. The molecule has 0 N–H and O–H groups in total. The monoisotopic (exact) mass is 259 g/mol. The van der Waals surface area contributed by atoms with E-state index in [1.54, 1.807) is 12.3 Å². The SMILES string of the molecule is COC(=O)[C@]12C(=O)C[C@H](C)C[C@H]1Cc1ncccc12. The Bertz CT molecular complexity index is 554. The topological polar surface area (TPSA) is 56.3 Å². The van der Waals surface area contributed by atoms with E-state index in [4.69, 9.17) is 4.74 Å². The van der Waals surface area contributed by atoms with Crippen molar-refractivity contribution in [1.29, 1.82) is 0 Å². The largest absolute Gasteiger partial charge is 0.468 e. The van der Waals surface area contributed by atoms with Crippen molar-refractivity contribution in [1.82, 2.24) is 4.98 Å². The van der Waals surface area contributed by atoms with Gasteiger partial charge in [0.2, 0.25) is 0 Å². The Labute approximate surface area is 112 Å². The Morgan fingerprint density at radius 3 is 3.00 bits per heavy atom. The van der Waals surface area contributed by atoms with Crippen LogP contribution < -0.4 is 0 Å². The van der Waals surface area contributed by atoms with Crippen LogP contribution in [0.3, 0.4) is 0 Å². The van der Waals surface area contributed by atoms with Crippen LogP contribution in [0, 0.1) is 11.8 Å². The molecule has 0 saturated heterocycles. The van der Waals surface area contributed by atoms with E-state index < -0.39 is 11.4 Å². The maximum absolute atomic E-state index is 12.6. The minimum atomic E-state index is -1.09.